The lowest BCUT2D eigenvalue weighted by molar-refractivity contribution is -0.138. The summed E-state index contributed by atoms with van der Waals surface area (Å²) in [6.07, 6.45) is -2.54. The highest BCUT2D eigenvalue weighted by molar-refractivity contribution is 5.87. The smallest absolute Gasteiger partial charge is 0.351 e. The van der Waals surface area contributed by atoms with Gasteiger partial charge in [-0.1, -0.05) is 18.2 Å². The normalized spacial score (nSPS) is 18.9. The van der Waals surface area contributed by atoms with Crippen LogP contribution in [0.5, 0.6) is 0 Å². The van der Waals surface area contributed by atoms with Crippen molar-refractivity contribution in [2.45, 2.75) is 44.3 Å². The Morgan fingerprint density at radius 2 is 1.91 bits per heavy atom. The molecule has 0 bridgehead atoms. The molecule has 1 aromatic rings. The van der Waals surface area contributed by atoms with Gasteiger partial charge in [-0.25, -0.2) is 0 Å². The number of carbonyl (C=O) groups excluding carboxylic acids is 1. The summed E-state index contributed by atoms with van der Waals surface area (Å²) in [4.78, 5) is 12.5. The molecule has 7 heteroatoms. The third-order valence-corrected chi connectivity index (χ3v) is 4.11. The van der Waals surface area contributed by atoms with Gasteiger partial charge in [0.15, 0.2) is 0 Å². The molecular formula is C16H22ClF3N2O. The second-order valence-corrected chi connectivity index (χ2v) is 6.22. The average Bonchev–Trinajstić information content (AvgIpc) is 2.47. The molecule has 1 saturated heterocycles. The van der Waals surface area contributed by atoms with E-state index in [1.165, 1.54) is 6.07 Å². The van der Waals surface area contributed by atoms with Crippen LogP contribution in [0.1, 0.15) is 37.8 Å². The predicted octanol–water partition coefficient (Wildman–Crippen LogP) is 3.27. The Morgan fingerprint density at radius 3 is 2.48 bits per heavy atom. The zero-order valence-electron chi connectivity index (χ0n) is 13.2. The molecule has 2 rings (SSSR count). The summed E-state index contributed by atoms with van der Waals surface area (Å²) in [5.41, 5.74) is -1.38. The maximum atomic E-state index is 12.8. The molecule has 1 aromatic carbocycles. The zero-order valence-corrected chi connectivity index (χ0v) is 14.0. The number of nitrogens with one attached hydrogen (secondary N) is 2. The average molecular weight is 351 g/mol. The Labute approximate surface area is 140 Å². The zero-order chi connectivity index (χ0) is 16.4. The second-order valence-electron chi connectivity index (χ2n) is 6.22. The Kier molecular flexibility index (Phi) is 6.48. The van der Waals surface area contributed by atoms with Crippen LogP contribution in [0, 0.1) is 0 Å². The van der Waals surface area contributed by atoms with Crippen molar-refractivity contribution in [3.05, 3.63) is 35.4 Å². The van der Waals surface area contributed by atoms with Crippen LogP contribution in [0.4, 0.5) is 13.2 Å². The van der Waals surface area contributed by atoms with E-state index in [4.69, 9.17) is 0 Å². The molecular weight excluding hydrogens is 329 g/mol. The molecule has 3 nitrogen and oxygen atoms in total. The van der Waals surface area contributed by atoms with Crippen molar-refractivity contribution in [3.63, 3.8) is 0 Å². The number of benzene rings is 1. The first-order chi connectivity index (χ1) is 10.2. The van der Waals surface area contributed by atoms with E-state index in [-0.39, 0.29) is 24.4 Å². The lowest BCUT2D eigenvalue weighted by Crippen LogP contribution is -2.50. The summed E-state index contributed by atoms with van der Waals surface area (Å²) < 4.78 is 38.5. The molecule has 1 aliphatic heterocycles. The highest BCUT2D eigenvalue weighted by Crippen LogP contribution is 2.33. The van der Waals surface area contributed by atoms with Gasteiger partial charge in [-0.2, -0.15) is 13.2 Å². The van der Waals surface area contributed by atoms with Gasteiger partial charge in [-0.3, -0.25) is 4.79 Å². The molecule has 0 aliphatic carbocycles. The molecule has 1 aliphatic rings. The van der Waals surface area contributed by atoms with Gasteiger partial charge in [0.05, 0.1) is 11.0 Å². The minimum absolute atomic E-state index is 0. The van der Waals surface area contributed by atoms with Crippen molar-refractivity contribution in [2.24, 2.45) is 0 Å². The fourth-order valence-corrected chi connectivity index (χ4v) is 2.56. The van der Waals surface area contributed by atoms with Crippen LogP contribution in [0.2, 0.25) is 0 Å². The molecule has 1 atom stereocenters. The maximum Gasteiger partial charge on any atom is 0.416 e. The van der Waals surface area contributed by atoms with E-state index in [2.05, 4.69) is 10.6 Å². The molecule has 1 unspecified atom stereocenters. The molecule has 0 aromatic heterocycles. The summed E-state index contributed by atoms with van der Waals surface area (Å²) in [6, 6.07) is 5.01. The van der Waals surface area contributed by atoms with Crippen LogP contribution in [-0.2, 0) is 16.4 Å². The topological polar surface area (TPSA) is 41.1 Å². The van der Waals surface area contributed by atoms with Crippen LogP contribution in [0.25, 0.3) is 0 Å². The lowest BCUT2D eigenvalue weighted by Gasteiger charge is -2.30. The number of halogens is 4. The fraction of sp³-hybridized carbons (Fsp3) is 0.562. The van der Waals surface area contributed by atoms with Crippen molar-refractivity contribution >= 4 is 18.3 Å². The van der Waals surface area contributed by atoms with E-state index in [9.17, 15) is 18.0 Å². The van der Waals surface area contributed by atoms with Crippen LogP contribution in [0.15, 0.2) is 24.3 Å². The summed E-state index contributed by atoms with van der Waals surface area (Å²) >= 11 is 0. The molecule has 0 radical (unpaired) electrons. The van der Waals surface area contributed by atoms with Crippen LogP contribution >= 0.6 is 12.4 Å². The van der Waals surface area contributed by atoms with Gasteiger partial charge in [-0.15, -0.1) is 12.4 Å². The number of alkyl halides is 3. The fourth-order valence-electron chi connectivity index (χ4n) is 2.56. The van der Waals surface area contributed by atoms with Crippen molar-refractivity contribution in [2.75, 3.05) is 13.1 Å². The minimum Gasteiger partial charge on any atom is -0.351 e. The maximum absolute atomic E-state index is 12.8. The molecule has 0 spiro atoms. The molecule has 23 heavy (non-hydrogen) atoms. The van der Waals surface area contributed by atoms with Crippen molar-refractivity contribution in [3.8, 4) is 0 Å². The molecule has 130 valence electrons. The Balaban J connectivity index is 0.00000264. The van der Waals surface area contributed by atoms with Gasteiger partial charge in [0.2, 0.25) is 5.91 Å². The standard InChI is InChI=1S/C16H21F3N2O.ClH/c1-15(2,14(22)21-13-7-4-8-20-10-13)11-5-3-6-12(9-11)16(17,18)19;/h3,5-6,9,13,20H,4,7-8,10H2,1-2H3,(H,21,22);1H. The van der Waals surface area contributed by atoms with Gasteiger partial charge in [0.1, 0.15) is 0 Å². The Morgan fingerprint density at radius 1 is 1.26 bits per heavy atom. The first-order valence-corrected chi connectivity index (χ1v) is 7.40. The molecule has 1 fully saturated rings. The molecule has 1 amide bonds. The highest BCUT2D eigenvalue weighted by atomic mass is 35.5. The van der Waals surface area contributed by atoms with Crippen molar-refractivity contribution in [1.29, 1.82) is 0 Å². The van der Waals surface area contributed by atoms with E-state index >= 15 is 0 Å². The number of piperidine rings is 1. The predicted molar refractivity (Wildman–Crippen MR) is 85.8 cm³/mol. The monoisotopic (exact) mass is 350 g/mol. The van der Waals surface area contributed by atoms with Crippen molar-refractivity contribution in [1.82, 2.24) is 10.6 Å². The lowest BCUT2D eigenvalue weighted by atomic mass is 9.82. The summed E-state index contributed by atoms with van der Waals surface area (Å²) in [6.45, 7) is 4.93. The second kappa shape index (κ2) is 7.53. The van der Waals surface area contributed by atoms with E-state index in [0.717, 1.165) is 31.5 Å². The minimum atomic E-state index is -4.41. The van der Waals surface area contributed by atoms with Crippen LogP contribution in [-0.4, -0.2) is 25.0 Å². The summed E-state index contributed by atoms with van der Waals surface area (Å²) in [7, 11) is 0. The highest BCUT2D eigenvalue weighted by Gasteiger charge is 2.35. The first-order valence-electron chi connectivity index (χ1n) is 7.40. The van der Waals surface area contributed by atoms with Crippen LogP contribution < -0.4 is 10.6 Å². The number of amides is 1. The van der Waals surface area contributed by atoms with E-state index in [1.54, 1.807) is 19.9 Å². The SMILES string of the molecule is CC(C)(C(=O)NC1CCCNC1)c1cccc(C(F)(F)F)c1.Cl. The Hall–Kier alpha value is -1.27. The number of carbonyl (C=O) groups is 1. The van der Waals surface area contributed by atoms with Gasteiger partial charge >= 0.3 is 6.18 Å². The number of hydrogen-bond donors (Lipinski definition) is 2. The molecule has 0 saturated carbocycles. The molecule has 2 N–H and O–H groups in total. The largest absolute Gasteiger partial charge is 0.416 e. The van der Waals surface area contributed by atoms with Crippen molar-refractivity contribution < 1.29 is 18.0 Å². The summed E-state index contributed by atoms with van der Waals surface area (Å²) in [5, 5.41) is 6.13. The van der Waals surface area contributed by atoms with E-state index in [0.29, 0.717) is 12.1 Å². The Bertz CT molecular complexity index is 540. The third-order valence-electron chi connectivity index (χ3n) is 4.11. The van der Waals surface area contributed by atoms with Gasteiger partial charge in [-0.05, 0) is 44.9 Å². The molecule has 1 heterocycles. The van der Waals surface area contributed by atoms with E-state index in [1.807, 2.05) is 0 Å². The van der Waals surface area contributed by atoms with E-state index < -0.39 is 17.2 Å². The quantitative estimate of drug-likeness (QED) is 0.878. The van der Waals surface area contributed by atoms with Crippen LogP contribution in [0.3, 0.4) is 0 Å². The van der Waals surface area contributed by atoms with Gasteiger partial charge < -0.3 is 10.6 Å². The third kappa shape index (κ3) is 4.85. The summed E-state index contributed by atoms with van der Waals surface area (Å²) in [5.74, 6) is -0.250. The van der Waals surface area contributed by atoms with Gasteiger partial charge in [0, 0.05) is 12.6 Å². The number of hydrogen-bond acceptors (Lipinski definition) is 2. The first kappa shape index (κ1) is 19.8. The van der Waals surface area contributed by atoms with Gasteiger partial charge in [0.25, 0.3) is 0 Å². The number of rotatable bonds is 3.